The molecule has 0 saturated heterocycles. The van der Waals surface area contributed by atoms with Crippen molar-refractivity contribution in [1.29, 1.82) is 0 Å². The van der Waals surface area contributed by atoms with E-state index in [1.807, 2.05) is 0 Å². The van der Waals surface area contributed by atoms with Gasteiger partial charge >= 0.3 is 0 Å². The van der Waals surface area contributed by atoms with Crippen LogP contribution >= 0.6 is 0 Å². The third-order valence-electron chi connectivity index (χ3n) is 3.81. The molecule has 2 aromatic carbocycles. The Morgan fingerprint density at radius 1 is 1.17 bits per heavy atom. The molecule has 0 heterocycles. The lowest BCUT2D eigenvalue weighted by Gasteiger charge is -2.17. The van der Waals surface area contributed by atoms with E-state index in [0.717, 1.165) is 18.4 Å². The van der Waals surface area contributed by atoms with Gasteiger partial charge in [0, 0.05) is 11.1 Å². The highest BCUT2D eigenvalue weighted by molar-refractivity contribution is 5.83. The van der Waals surface area contributed by atoms with Gasteiger partial charge in [-0.1, -0.05) is 12.1 Å². The lowest BCUT2D eigenvalue weighted by Crippen LogP contribution is -2.09. The molecule has 0 radical (unpaired) electrons. The van der Waals surface area contributed by atoms with Crippen molar-refractivity contribution >= 4 is 6.29 Å². The Kier molecular flexibility index (Phi) is 4.37. The minimum absolute atomic E-state index is 0.239. The van der Waals surface area contributed by atoms with Crippen LogP contribution in [0.3, 0.4) is 0 Å². The van der Waals surface area contributed by atoms with E-state index in [9.17, 15) is 18.0 Å². The molecule has 1 aliphatic carbocycles. The minimum atomic E-state index is -2.61. The molecule has 0 N–H and O–H groups in total. The lowest BCUT2D eigenvalue weighted by atomic mass is 9.93. The first-order valence-corrected chi connectivity index (χ1v) is 7.38. The first-order valence-electron chi connectivity index (χ1n) is 7.38. The molecule has 3 rings (SSSR count). The summed E-state index contributed by atoms with van der Waals surface area (Å²) in [6, 6.07) is 9.03. The summed E-state index contributed by atoms with van der Waals surface area (Å²) in [6.45, 7) is -0.749. The molecular formula is C18H15F3O2. The van der Waals surface area contributed by atoms with Gasteiger partial charge in [-0.05, 0) is 54.2 Å². The summed E-state index contributed by atoms with van der Waals surface area (Å²) in [5.41, 5.74) is 2.64. The summed E-state index contributed by atoms with van der Waals surface area (Å²) < 4.78 is 43.4. The fourth-order valence-electron chi connectivity index (χ4n) is 2.64. The quantitative estimate of drug-likeness (QED) is 0.713. The molecule has 0 atom stereocenters. The van der Waals surface area contributed by atoms with Crippen LogP contribution < -0.4 is 4.74 Å². The maximum atomic E-state index is 13.2. The number of alkyl halides is 2. The average Bonchev–Trinajstić information content (AvgIpc) is 3.37. The summed E-state index contributed by atoms with van der Waals surface area (Å²) in [7, 11) is 0. The van der Waals surface area contributed by atoms with Crippen LogP contribution in [-0.4, -0.2) is 19.3 Å². The minimum Gasteiger partial charge on any atom is -0.487 e. The molecule has 0 bridgehead atoms. The van der Waals surface area contributed by atoms with Crippen LogP contribution in [0.15, 0.2) is 36.4 Å². The standard InChI is InChI=1S/C18H15F3O2/c19-14-5-3-13(4-6-14)18-15(12-1-2-12)7-11(9-22)8-16(18)23-10-17(20)21/h3-9,12,17H,1-2,10H2. The zero-order valence-electron chi connectivity index (χ0n) is 12.3. The van der Waals surface area contributed by atoms with E-state index in [2.05, 4.69) is 0 Å². The largest absolute Gasteiger partial charge is 0.487 e. The molecular weight excluding hydrogens is 305 g/mol. The Hall–Kier alpha value is -2.30. The number of halogens is 3. The van der Waals surface area contributed by atoms with Crippen molar-refractivity contribution in [3.63, 3.8) is 0 Å². The molecule has 5 heteroatoms. The van der Waals surface area contributed by atoms with Gasteiger partial charge in [0.1, 0.15) is 24.5 Å². The van der Waals surface area contributed by atoms with E-state index in [-0.39, 0.29) is 17.5 Å². The van der Waals surface area contributed by atoms with Crippen LogP contribution in [0, 0.1) is 5.82 Å². The number of rotatable bonds is 6. The maximum absolute atomic E-state index is 13.2. The predicted molar refractivity (Wildman–Crippen MR) is 80.7 cm³/mol. The molecule has 0 unspecified atom stereocenters. The second-order valence-corrected chi connectivity index (χ2v) is 5.58. The third kappa shape index (κ3) is 3.55. The number of hydrogen-bond donors (Lipinski definition) is 0. The van der Waals surface area contributed by atoms with Crippen LogP contribution in [0.4, 0.5) is 13.2 Å². The monoisotopic (exact) mass is 320 g/mol. The number of aldehydes is 1. The van der Waals surface area contributed by atoms with E-state index in [4.69, 9.17) is 4.74 Å². The highest BCUT2D eigenvalue weighted by Gasteiger charge is 2.29. The van der Waals surface area contributed by atoms with Crippen molar-refractivity contribution in [3.8, 4) is 16.9 Å². The van der Waals surface area contributed by atoms with Gasteiger partial charge in [-0.3, -0.25) is 4.79 Å². The summed E-state index contributed by atoms with van der Waals surface area (Å²) >= 11 is 0. The number of benzene rings is 2. The highest BCUT2D eigenvalue weighted by atomic mass is 19.3. The van der Waals surface area contributed by atoms with Gasteiger partial charge in [-0.2, -0.15) is 0 Å². The zero-order valence-corrected chi connectivity index (χ0v) is 12.3. The van der Waals surface area contributed by atoms with E-state index in [1.54, 1.807) is 18.2 Å². The van der Waals surface area contributed by atoms with Gasteiger partial charge in [-0.15, -0.1) is 0 Å². The van der Waals surface area contributed by atoms with Crippen LogP contribution in [0.25, 0.3) is 11.1 Å². The Morgan fingerprint density at radius 2 is 1.87 bits per heavy atom. The van der Waals surface area contributed by atoms with Crippen molar-refractivity contribution in [2.24, 2.45) is 0 Å². The molecule has 2 aromatic rings. The molecule has 0 amide bonds. The van der Waals surface area contributed by atoms with E-state index in [1.165, 1.54) is 18.2 Å². The van der Waals surface area contributed by atoms with Crippen molar-refractivity contribution < 1.29 is 22.7 Å². The van der Waals surface area contributed by atoms with E-state index in [0.29, 0.717) is 23.0 Å². The first-order chi connectivity index (χ1) is 11.1. The molecule has 0 aliphatic heterocycles. The predicted octanol–water partition coefficient (Wildman–Crippen LogP) is 4.83. The number of ether oxygens (including phenoxy) is 1. The van der Waals surface area contributed by atoms with Gasteiger partial charge in [0.2, 0.25) is 0 Å². The normalized spacial score (nSPS) is 14.1. The van der Waals surface area contributed by atoms with Crippen LogP contribution in [0.5, 0.6) is 5.75 Å². The van der Waals surface area contributed by atoms with Crippen molar-refractivity contribution in [1.82, 2.24) is 0 Å². The van der Waals surface area contributed by atoms with Gasteiger partial charge in [0.15, 0.2) is 0 Å². The summed E-state index contributed by atoms with van der Waals surface area (Å²) in [6.07, 6.45) is 0.0193. The van der Waals surface area contributed by atoms with Gasteiger partial charge in [-0.25, -0.2) is 13.2 Å². The van der Waals surface area contributed by atoms with Crippen LogP contribution in [-0.2, 0) is 0 Å². The Balaban J connectivity index is 2.12. The highest BCUT2D eigenvalue weighted by Crippen LogP contribution is 2.48. The Morgan fingerprint density at radius 3 is 2.43 bits per heavy atom. The molecule has 0 spiro atoms. The average molecular weight is 320 g/mol. The summed E-state index contributed by atoms with van der Waals surface area (Å²) in [5, 5.41) is 0. The van der Waals surface area contributed by atoms with E-state index < -0.39 is 13.0 Å². The van der Waals surface area contributed by atoms with Gasteiger partial charge in [0.25, 0.3) is 6.43 Å². The summed E-state index contributed by atoms with van der Waals surface area (Å²) in [4.78, 5) is 11.1. The molecule has 1 aliphatic rings. The molecule has 1 saturated carbocycles. The third-order valence-corrected chi connectivity index (χ3v) is 3.81. The molecule has 2 nitrogen and oxygen atoms in total. The summed E-state index contributed by atoms with van der Waals surface area (Å²) in [5.74, 6) is 0.147. The molecule has 0 aromatic heterocycles. The first kappa shape index (κ1) is 15.6. The lowest BCUT2D eigenvalue weighted by molar-refractivity contribution is 0.0821. The van der Waals surface area contributed by atoms with Crippen LogP contribution in [0.1, 0.15) is 34.7 Å². The fourth-order valence-corrected chi connectivity index (χ4v) is 2.64. The van der Waals surface area contributed by atoms with Gasteiger partial charge in [0.05, 0.1) is 0 Å². The second kappa shape index (κ2) is 6.44. The SMILES string of the molecule is O=Cc1cc(OCC(F)F)c(-c2ccc(F)cc2)c(C2CC2)c1. The van der Waals surface area contributed by atoms with Crippen LogP contribution in [0.2, 0.25) is 0 Å². The molecule has 1 fully saturated rings. The van der Waals surface area contributed by atoms with Crippen molar-refractivity contribution in [2.75, 3.05) is 6.61 Å². The molecule has 120 valence electrons. The number of carbonyl (C=O) groups excluding carboxylic acids is 1. The Labute approximate surface area is 131 Å². The molecule has 23 heavy (non-hydrogen) atoms. The topological polar surface area (TPSA) is 26.3 Å². The number of carbonyl (C=O) groups is 1. The zero-order chi connectivity index (χ0) is 16.4. The number of hydrogen-bond acceptors (Lipinski definition) is 2. The maximum Gasteiger partial charge on any atom is 0.272 e. The van der Waals surface area contributed by atoms with Gasteiger partial charge < -0.3 is 4.74 Å². The van der Waals surface area contributed by atoms with Crippen molar-refractivity contribution in [2.45, 2.75) is 25.2 Å². The Bertz CT molecular complexity index is 707. The van der Waals surface area contributed by atoms with Crippen molar-refractivity contribution in [3.05, 3.63) is 53.3 Å². The van der Waals surface area contributed by atoms with E-state index >= 15 is 0 Å². The fraction of sp³-hybridized carbons (Fsp3) is 0.278. The smallest absolute Gasteiger partial charge is 0.272 e. The second-order valence-electron chi connectivity index (χ2n) is 5.58.